The molecule has 178 valence electrons. The second-order valence-corrected chi connectivity index (χ2v) is 10.3. The van der Waals surface area contributed by atoms with E-state index in [1.54, 1.807) is 4.57 Å². The molecule has 1 N–H and O–H groups in total. The van der Waals surface area contributed by atoms with Crippen LogP contribution in [0.3, 0.4) is 0 Å². The molecule has 0 aliphatic carbocycles. The summed E-state index contributed by atoms with van der Waals surface area (Å²) in [5.74, 6) is 0.0337. The summed E-state index contributed by atoms with van der Waals surface area (Å²) < 4.78 is 9.03. The van der Waals surface area contributed by atoms with Crippen molar-refractivity contribution < 1.29 is 9.53 Å². The minimum absolute atomic E-state index is 0.0613. The number of thioether (sulfide) groups is 1. The first kappa shape index (κ1) is 24.4. The Bertz CT molecular complexity index is 1340. The summed E-state index contributed by atoms with van der Waals surface area (Å²) in [6.07, 6.45) is 1.79. The third-order valence-electron chi connectivity index (χ3n) is 5.40. The maximum Gasteiger partial charge on any atom is 0.272 e. The lowest BCUT2D eigenvalue weighted by Crippen LogP contribution is -2.24. The van der Waals surface area contributed by atoms with Gasteiger partial charge >= 0.3 is 0 Å². The van der Waals surface area contributed by atoms with Gasteiger partial charge in [-0.2, -0.15) is 0 Å². The number of nitrogens with one attached hydrogen (secondary N) is 1. The molecule has 0 aliphatic heterocycles. The predicted molar refractivity (Wildman–Crippen MR) is 142 cm³/mol. The average Bonchev–Trinajstić information content (AvgIpc) is 3.21. The van der Waals surface area contributed by atoms with Gasteiger partial charge in [-0.3, -0.25) is 14.2 Å². The number of carbonyl (C=O) groups excluding carboxylic acids is 1. The lowest BCUT2D eigenvalue weighted by Gasteiger charge is -2.13. The van der Waals surface area contributed by atoms with Crippen LogP contribution in [-0.4, -0.2) is 33.9 Å². The number of hydrogen-bond acceptors (Lipinski definition) is 6. The van der Waals surface area contributed by atoms with E-state index in [2.05, 4.69) is 12.2 Å². The van der Waals surface area contributed by atoms with Crippen molar-refractivity contribution in [3.05, 3.63) is 64.4 Å². The molecule has 6 nitrogen and oxygen atoms in total. The summed E-state index contributed by atoms with van der Waals surface area (Å²) in [5.41, 5.74) is 2.63. The van der Waals surface area contributed by atoms with Gasteiger partial charge in [0.15, 0.2) is 5.16 Å². The lowest BCUT2D eigenvalue weighted by atomic mass is 10.1. The molecule has 4 aromatic rings. The summed E-state index contributed by atoms with van der Waals surface area (Å²) in [6, 6.07) is 15.8. The van der Waals surface area contributed by atoms with Crippen LogP contribution < -0.4 is 10.9 Å². The molecule has 2 aromatic heterocycles. The average molecular weight is 496 g/mol. The van der Waals surface area contributed by atoms with Crippen LogP contribution >= 0.6 is 23.1 Å². The first-order valence-corrected chi connectivity index (χ1v) is 13.3. The zero-order chi connectivity index (χ0) is 24.1. The maximum absolute atomic E-state index is 13.4. The Hall–Kier alpha value is -2.68. The molecular formula is C26H29N3O3S2. The Kier molecular flexibility index (Phi) is 8.03. The molecule has 0 radical (unpaired) electrons. The number of anilines is 1. The molecule has 8 heteroatoms. The van der Waals surface area contributed by atoms with E-state index in [-0.39, 0.29) is 23.3 Å². The quantitative estimate of drug-likeness (QED) is 0.173. The maximum atomic E-state index is 13.4. The van der Waals surface area contributed by atoms with Crippen molar-refractivity contribution in [1.82, 2.24) is 9.55 Å². The highest BCUT2D eigenvalue weighted by Crippen LogP contribution is 2.31. The fourth-order valence-corrected chi connectivity index (χ4v) is 5.56. The number of rotatable bonds is 10. The minimum atomic E-state index is -0.131. The zero-order valence-corrected chi connectivity index (χ0v) is 21.3. The van der Waals surface area contributed by atoms with E-state index in [4.69, 9.17) is 9.72 Å². The van der Waals surface area contributed by atoms with Gasteiger partial charge in [0.1, 0.15) is 4.70 Å². The second-order valence-electron chi connectivity index (χ2n) is 8.29. The van der Waals surface area contributed by atoms with Crippen LogP contribution in [-0.2, 0) is 22.5 Å². The second kappa shape index (κ2) is 11.2. The van der Waals surface area contributed by atoms with Gasteiger partial charge in [-0.25, -0.2) is 4.98 Å². The van der Waals surface area contributed by atoms with Crippen LogP contribution in [0.5, 0.6) is 0 Å². The van der Waals surface area contributed by atoms with E-state index in [1.807, 2.05) is 62.4 Å². The molecule has 0 spiro atoms. The number of aromatic nitrogens is 2. The first-order valence-electron chi connectivity index (χ1n) is 11.5. The van der Waals surface area contributed by atoms with Crippen LogP contribution in [0.25, 0.3) is 20.3 Å². The lowest BCUT2D eigenvalue weighted by molar-refractivity contribution is -0.113. The molecule has 2 heterocycles. The Labute approximate surface area is 207 Å². The Balaban J connectivity index is 1.57. The standard InChI is InChI=1S/C26H29N3O3S2/c1-4-18-10-12-19(13-11-18)27-22(30)16-33-26-28-23-20-8-5-6-9-21(20)34-24(23)25(31)29(26)14-7-15-32-17(2)3/h5-6,8-13,17H,4,7,14-16H2,1-3H3,(H,27,30). The van der Waals surface area contributed by atoms with Gasteiger partial charge in [0.05, 0.1) is 17.4 Å². The predicted octanol–water partition coefficient (Wildman–Crippen LogP) is 5.72. The number of amides is 1. The van der Waals surface area contributed by atoms with Gasteiger partial charge in [-0.05, 0) is 50.5 Å². The molecule has 34 heavy (non-hydrogen) atoms. The molecule has 0 bridgehead atoms. The number of ether oxygens (including phenoxy) is 1. The highest BCUT2D eigenvalue weighted by Gasteiger charge is 2.17. The molecule has 0 fully saturated rings. The van der Waals surface area contributed by atoms with Gasteiger partial charge in [-0.1, -0.05) is 49.0 Å². The highest BCUT2D eigenvalue weighted by molar-refractivity contribution is 7.99. The van der Waals surface area contributed by atoms with Crippen molar-refractivity contribution >= 4 is 55.0 Å². The molecule has 0 saturated carbocycles. The number of fused-ring (bicyclic) bond motifs is 3. The number of thiophene rings is 1. The molecule has 1 amide bonds. The minimum Gasteiger partial charge on any atom is -0.379 e. The van der Waals surface area contributed by atoms with E-state index in [0.717, 1.165) is 22.2 Å². The number of carbonyl (C=O) groups is 1. The fraction of sp³-hybridized carbons (Fsp3) is 0.346. The number of benzene rings is 2. The zero-order valence-electron chi connectivity index (χ0n) is 19.7. The summed E-state index contributed by atoms with van der Waals surface area (Å²) >= 11 is 2.76. The van der Waals surface area contributed by atoms with Gasteiger partial charge < -0.3 is 10.1 Å². The Morgan fingerprint density at radius 2 is 1.94 bits per heavy atom. The highest BCUT2D eigenvalue weighted by atomic mass is 32.2. The van der Waals surface area contributed by atoms with Gasteiger partial charge in [0.2, 0.25) is 5.91 Å². The Morgan fingerprint density at radius 1 is 1.18 bits per heavy atom. The van der Waals surface area contributed by atoms with E-state index in [9.17, 15) is 9.59 Å². The topological polar surface area (TPSA) is 73.2 Å². The van der Waals surface area contributed by atoms with Crippen LogP contribution in [0, 0.1) is 0 Å². The van der Waals surface area contributed by atoms with Crippen LogP contribution in [0.2, 0.25) is 0 Å². The van der Waals surface area contributed by atoms with E-state index in [0.29, 0.717) is 34.9 Å². The molecule has 0 saturated heterocycles. The molecular weight excluding hydrogens is 466 g/mol. The molecule has 2 aromatic carbocycles. The van der Waals surface area contributed by atoms with Crippen molar-refractivity contribution in [2.75, 3.05) is 17.7 Å². The van der Waals surface area contributed by atoms with Crippen molar-refractivity contribution in [1.29, 1.82) is 0 Å². The van der Waals surface area contributed by atoms with E-state index >= 15 is 0 Å². The summed E-state index contributed by atoms with van der Waals surface area (Å²) in [4.78, 5) is 30.9. The van der Waals surface area contributed by atoms with Crippen LogP contribution in [0.1, 0.15) is 32.8 Å². The van der Waals surface area contributed by atoms with Crippen LogP contribution in [0.4, 0.5) is 5.69 Å². The van der Waals surface area contributed by atoms with Gasteiger partial charge in [-0.15, -0.1) is 11.3 Å². The van der Waals surface area contributed by atoms with Crippen molar-refractivity contribution in [3.63, 3.8) is 0 Å². The largest absolute Gasteiger partial charge is 0.379 e. The summed E-state index contributed by atoms with van der Waals surface area (Å²) in [7, 11) is 0. The third-order valence-corrected chi connectivity index (χ3v) is 7.53. The van der Waals surface area contributed by atoms with Crippen molar-refractivity contribution in [2.24, 2.45) is 0 Å². The number of aryl methyl sites for hydroxylation is 1. The normalized spacial score (nSPS) is 11.5. The fourth-order valence-electron chi connectivity index (χ4n) is 3.65. The Morgan fingerprint density at radius 3 is 2.68 bits per heavy atom. The monoisotopic (exact) mass is 495 g/mol. The number of nitrogens with zero attached hydrogens (tertiary/aromatic N) is 2. The van der Waals surface area contributed by atoms with Crippen molar-refractivity contribution in [2.45, 2.75) is 51.4 Å². The first-order chi connectivity index (χ1) is 16.5. The molecule has 0 unspecified atom stereocenters. The SMILES string of the molecule is CCc1ccc(NC(=O)CSc2nc3c(sc4ccccc43)c(=O)n2CCCOC(C)C)cc1. The summed E-state index contributed by atoms with van der Waals surface area (Å²) in [5, 5.41) is 4.46. The van der Waals surface area contributed by atoms with E-state index in [1.165, 1.54) is 28.7 Å². The molecule has 0 aliphatic rings. The van der Waals surface area contributed by atoms with Crippen molar-refractivity contribution in [3.8, 4) is 0 Å². The third kappa shape index (κ3) is 5.68. The molecule has 0 atom stereocenters. The number of hydrogen-bond donors (Lipinski definition) is 1. The summed E-state index contributed by atoms with van der Waals surface area (Å²) in [6.45, 7) is 7.14. The smallest absolute Gasteiger partial charge is 0.272 e. The van der Waals surface area contributed by atoms with E-state index < -0.39 is 0 Å². The van der Waals surface area contributed by atoms with Gasteiger partial charge in [0, 0.05) is 28.9 Å². The molecule has 4 rings (SSSR count). The van der Waals surface area contributed by atoms with Crippen LogP contribution in [0.15, 0.2) is 58.5 Å². The van der Waals surface area contributed by atoms with Gasteiger partial charge in [0.25, 0.3) is 5.56 Å².